The van der Waals surface area contributed by atoms with Crippen LogP contribution in [0.3, 0.4) is 0 Å². The van der Waals surface area contributed by atoms with Crippen molar-refractivity contribution < 1.29 is 38.7 Å². The normalized spacial score (nSPS) is 20.1. The number of carbonyl (C=O) groups is 4. The molecule has 0 aliphatic carbocycles. The molecule has 226 valence electrons. The van der Waals surface area contributed by atoms with Crippen LogP contribution in [0.4, 0.5) is 9.59 Å². The summed E-state index contributed by atoms with van der Waals surface area (Å²) in [6, 6.07) is 5.56. The lowest BCUT2D eigenvalue weighted by Crippen LogP contribution is -2.59. The number of nitrogens with zero attached hydrogens (tertiary/aromatic N) is 2. The Morgan fingerprint density at radius 2 is 1.61 bits per heavy atom. The first-order chi connectivity index (χ1) is 19.0. The molecule has 4 atom stereocenters. The Morgan fingerprint density at radius 1 is 1.02 bits per heavy atom. The van der Waals surface area contributed by atoms with Crippen molar-refractivity contribution in [3.8, 4) is 0 Å². The van der Waals surface area contributed by atoms with E-state index in [9.17, 15) is 29.2 Å². The number of carbonyl (C=O) groups excluding carboxylic acids is 4. The first kappa shape index (κ1) is 32.2. The van der Waals surface area contributed by atoms with Crippen molar-refractivity contribution >= 4 is 31.1 Å². The molecule has 0 radical (unpaired) electrons. The van der Waals surface area contributed by atoms with Crippen LogP contribution in [0.25, 0.3) is 0 Å². The summed E-state index contributed by atoms with van der Waals surface area (Å²) in [5, 5.41) is 24.6. The van der Waals surface area contributed by atoms with Gasteiger partial charge in [-0.15, -0.1) is 0 Å². The molecule has 1 aromatic carbocycles. The highest BCUT2D eigenvalue weighted by atomic mass is 16.6. The van der Waals surface area contributed by atoms with E-state index in [0.717, 1.165) is 11.1 Å². The van der Waals surface area contributed by atoms with Gasteiger partial charge >= 0.3 is 19.3 Å². The van der Waals surface area contributed by atoms with Crippen molar-refractivity contribution in [2.24, 2.45) is 5.41 Å². The standard InChI is InChI=1S/C28H43BN4O8/c1-8-21(29(38)39)30-23(34)20-13-19(40-26(37)32-14-17-11-9-10-12-18(17)15-32)16-33(20)24(35)22(27(2,3)4)31-25(36)41-28(5,6)7/h9-12,19-22,38-39H,8,13-16H2,1-7H3,(H,30,34)(H,31,36)/t19-,20+,21+,22-/m1/s1. The molecule has 0 spiro atoms. The molecule has 0 bridgehead atoms. The summed E-state index contributed by atoms with van der Waals surface area (Å²) in [5.74, 6) is -2.12. The summed E-state index contributed by atoms with van der Waals surface area (Å²) in [5.41, 5.74) is 0.498. The van der Waals surface area contributed by atoms with Gasteiger partial charge in [-0.1, -0.05) is 52.0 Å². The second-order valence-corrected chi connectivity index (χ2v) is 12.8. The van der Waals surface area contributed by atoms with Crippen LogP contribution in [0.1, 0.15) is 72.4 Å². The van der Waals surface area contributed by atoms with Crippen LogP contribution >= 0.6 is 0 Å². The van der Waals surface area contributed by atoms with Crippen LogP contribution in [0, 0.1) is 5.41 Å². The minimum Gasteiger partial charge on any atom is -0.444 e. The lowest BCUT2D eigenvalue weighted by atomic mass is 9.77. The third kappa shape index (κ3) is 8.35. The zero-order valence-corrected chi connectivity index (χ0v) is 25.0. The van der Waals surface area contributed by atoms with Crippen molar-refractivity contribution in [3.05, 3.63) is 35.4 Å². The fraction of sp³-hybridized carbons (Fsp3) is 0.643. The molecule has 13 heteroatoms. The van der Waals surface area contributed by atoms with Crippen LogP contribution in [0.5, 0.6) is 0 Å². The third-order valence-corrected chi connectivity index (χ3v) is 7.12. The molecular formula is C28H43BN4O8. The Labute approximate surface area is 241 Å². The number of hydrogen-bond acceptors (Lipinski definition) is 8. The molecule has 4 N–H and O–H groups in total. The Morgan fingerprint density at radius 3 is 2.10 bits per heavy atom. The Bertz CT molecular complexity index is 1110. The summed E-state index contributed by atoms with van der Waals surface area (Å²) in [7, 11) is -1.80. The zero-order valence-electron chi connectivity index (χ0n) is 25.0. The van der Waals surface area contributed by atoms with Gasteiger partial charge in [0, 0.05) is 19.5 Å². The Hall–Kier alpha value is -3.32. The van der Waals surface area contributed by atoms with E-state index >= 15 is 0 Å². The highest BCUT2D eigenvalue weighted by Gasteiger charge is 2.47. The topological polar surface area (TPSA) is 158 Å². The lowest BCUT2D eigenvalue weighted by molar-refractivity contribution is -0.142. The van der Waals surface area contributed by atoms with Crippen LogP contribution in [-0.2, 0) is 32.2 Å². The fourth-order valence-corrected chi connectivity index (χ4v) is 4.96. The smallest absolute Gasteiger partial charge is 0.444 e. The molecule has 1 fully saturated rings. The maximum atomic E-state index is 14.0. The number of ether oxygens (including phenoxy) is 2. The molecule has 2 aliphatic rings. The number of rotatable bonds is 7. The van der Waals surface area contributed by atoms with Gasteiger partial charge in [-0.25, -0.2) is 9.59 Å². The van der Waals surface area contributed by atoms with E-state index in [1.807, 2.05) is 24.3 Å². The maximum absolute atomic E-state index is 14.0. The first-order valence-electron chi connectivity index (χ1n) is 14.0. The summed E-state index contributed by atoms with van der Waals surface area (Å²) >= 11 is 0. The van der Waals surface area contributed by atoms with Crippen molar-refractivity contribution in [3.63, 3.8) is 0 Å². The third-order valence-electron chi connectivity index (χ3n) is 7.12. The fourth-order valence-electron chi connectivity index (χ4n) is 4.96. The van der Waals surface area contributed by atoms with Crippen molar-refractivity contribution in [2.75, 3.05) is 6.54 Å². The second kappa shape index (κ2) is 12.7. The molecule has 2 heterocycles. The molecule has 0 unspecified atom stereocenters. The Balaban J connectivity index is 1.81. The molecule has 1 saturated heterocycles. The van der Waals surface area contributed by atoms with Crippen LogP contribution in [0.2, 0.25) is 0 Å². The first-order valence-corrected chi connectivity index (χ1v) is 14.0. The minimum atomic E-state index is -1.80. The number of amides is 4. The highest BCUT2D eigenvalue weighted by molar-refractivity contribution is 6.43. The monoisotopic (exact) mass is 574 g/mol. The maximum Gasteiger partial charge on any atom is 0.475 e. The van der Waals surface area contributed by atoms with Gasteiger partial charge in [0.2, 0.25) is 11.8 Å². The number of hydrogen-bond donors (Lipinski definition) is 4. The largest absolute Gasteiger partial charge is 0.475 e. The number of nitrogens with one attached hydrogen (secondary N) is 2. The van der Waals surface area contributed by atoms with Gasteiger partial charge in [0.25, 0.3) is 0 Å². The quantitative estimate of drug-likeness (QED) is 0.360. The average molecular weight is 574 g/mol. The van der Waals surface area contributed by atoms with Crippen LogP contribution < -0.4 is 10.6 Å². The van der Waals surface area contributed by atoms with Gasteiger partial charge in [-0.05, 0) is 43.7 Å². The summed E-state index contributed by atoms with van der Waals surface area (Å²) in [6.45, 7) is 12.8. The van der Waals surface area contributed by atoms with Crippen LogP contribution in [-0.4, -0.2) is 87.2 Å². The van der Waals surface area contributed by atoms with E-state index in [1.54, 1.807) is 53.4 Å². The predicted molar refractivity (Wildman–Crippen MR) is 151 cm³/mol. The van der Waals surface area contributed by atoms with Gasteiger partial charge in [0.15, 0.2) is 0 Å². The van der Waals surface area contributed by atoms with Gasteiger partial charge in [0.1, 0.15) is 23.8 Å². The minimum absolute atomic E-state index is 0.00532. The van der Waals surface area contributed by atoms with Gasteiger partial charge < -0.3 is 35.1 Å². The van der Waals surface area contributed by atoms with E-state index in [0.29, 0.717) is 13.1 Å². The summed E-state index contributed by atoms with van der Waals surface area (Å²) in [4.78, 5) is 55.9. The number of fused-ring (bicyclic) bond motifs is 1. The van der Waals surface area contributed by atoms with Crippen LogP contribution in [0.15, 0.2) is 24.3 Å². The average Bonchev–Trinajstić information content (AvgIpc) is 3.48. The van der Waals surface area contributed by atoms with E-state index in [2.05, 4.69) is 10.6 Å². The molecule has 2 aliphatic heterocycles. The molecule has 0 aromatic heterocycles. The highest BCUT2D eigenvalue weighted by Crippen LogP contribution is 2.29. The predicted octanol–water partition coefficient (Wildman–Crippen LogP) is 1.95. The van der Waals surface area contributed by atoms with Crippen molar-refractivity contribution in [1.29, 1.82) is 0 Å². The summed E-state index contributed by atoms with van der Waals surface area (Å²) in [6.07, 6.45) is -1.89. The molecular weight excluding hydrogens is 531 g/mol. The second-order valence-electron chi connectivity index (χ2n) is 12.8. The molecule has 12 nitrogen and oxygen atoms in total. The SMILES string of the molecule is CC[C@H](NC(=O)[C@@H]1C[C@@H](OC(=O)N2Cc3ccccc3C2)CN1C(=O)[C@@H](NC(=O)OC(C)(C)C)C(C)(C)C)B(O)O. The van der Waals surface area contributed by atoms with E-state index < -0.39 is 66.3 Å². The molecule has 41 heavy (non-hydrogen) atoms. The van der Waals surface area contributed by atoms with Crippen molar-refractivity contribution in [2.45, 2.75) is 104 Å². The van der Waals surface area contributed by atoms with Gasteiger partial charge in [-0.2, -0.15) is 0 Å². The lowest BCUT2D eigenvalue weighted by Gasteiger charge is -2.35. The summed E-state index contributed by atoms with van der Waals surface area (Å²) < 4.78 is 11.2. The number of likely N-dealkylation sites (tertiary alicyclic amines) is 1. The molecule has 1 aromatic rings. The van der Waals surface area contributed by atoms with E-state index in [1.165, 1.54) is 4.90 Å². The molecule has 0 saturated carbocycles. The van der Waals surface area contributed by atoms with Gasteiger partial charge in [-0.3, -0.25) is 14.5 Å². The zero-order chi connectivity index (χ0) is 30.7. The van der Waals surface area contributed by atoms with E-state index in [-0.39, 0.29) is 19.4 Å². The van der Waals surface area contributed by atoms with Crippen molar-refractivity contribution in [1.82, 2.24) is 20.4 Å². The number of alkyl carbamates (subject to hydrolysis) is 1. The number of benzene rings is 1. The van der Waals surface area contributed by atoms with Gasteiger partial charge in [0.05, 0.1) is 12.5 Å². The Kier molecular flexibility index (Phi) is 9.96. The van der Waals surface area contributed by atoms with E-state index in [4.69, 9.17) is 9.47 Å². The molecule has 4 amide bonds. The molecule has 3 rings (SSSR count).